The minimum Gasteiger partial charge on any atom is -0.478 e. The monoisotopic (exact) mass is 338 g/mol. The summed E-state index contributed by atoms with van der Waals surface area (Å²) in [7, 11) is 0. The standard InChI is InChI=1S/C18H27FN2O3/c1-13-7-9-21(17(22)24-18(2,3)4)15(11-13)8-10-23-16-6-5-14(19)12-20-16/h5-6,12-13,15H,7-11H2,1-4H3/t13-,15+/m0/s1. The Morgan fingerprint density at radius 2 is 2.17 bits per heavy atom. The summed E-state index contributed by atoms with van der Waals surface area (Å²) in [4.78, 5) is 18.1. The van der Waals surface area contributed by atoms with Crippen LogP contribution in [0.1, 0.15) is 47.0 Å². The van der Waals surface area contributed by atoms with E-state index in [9.17, 15) is 9.18 Å². The molecular formula is C18H27FN2O3. The largest absolute Gasteiger partial charge is 0.478 e. The van der Waals surface area contributed by atoms with Gasteiger partial charge in [0.05, 0.1) is 12.8 Å². The number of piperidine rings is 1. The third-order valence-corrected chi connectivity index (χ3v) is 4.01. The number of likely N-dealkylation sites (tertiary alicyclic amines) is 1. The summed E-state index contributed by atoms with van der Waals surface area (Å²) in [5.41, 5.74) is -0.501. The second-order valence-corrected chi connectivity index (χ2v) is 7.41. The molecule has 0 unspecified atom stereocenters. The summed E-state index contributed by atoms with van der Waals surface area (Å²) in [5, 5.41) is 0. The Balaban J connectivity index is 1.91. The van der Waals surface area contributed by atoms with E-state index in [4.69, 9.17) is 9.47 Å². The highest BCUT2D eigenvalue weighted by Gasteiger charge is 2.32. The maximum atomic E-state index is 12.8. The third kappa shape index (κ3) is 5.65. The molecule has 1 fully saturated rings. The summed E-state index contributed by atoms with van der Waals surface area (Å²) in [5.74, 6) is 0.571. The van der Waals surface area contributed by atoms with Crippen molar-refractivity contribution < 1.29 is 18.7 Å². The van der Waals surface area contributed by atoms with E-state index in [0.29, 0.717) is 31.4 Å². The van der Waals surface area contributed by atoms with E-state index in [1.54, 1.807) is 0 Å². The van der Waals surface area contributed by atoms with Crippen LogP contribution in [0.3, 0.4) is 0 Å². The first kappa shape index (κ1) is 18.5. The highest BCUT2D eigenvalue weighted by atomic mass is 19.1. The van der Waals surface area contributed by atoms with Gasteiger partial charge in [0.1, 0.15) is 11.4 Å². The van der Waals surface area contributed by atoms with E-state index in [1.807, 2.05) is 25.7 Å². The Hall–Kier alpha value is -1.85. The lowest BCUT2D eigenvalue weighted by molar-refractivity contribution is 0.00273. The highest BCUT2D eigenvalue weighted by molar-refractivity contribution is 5.68. The van der Waals surface area contributed by atoms with Crippen molar-refractivity contribution in [2.45, 2.75) is 58.6 Å². The molecule has 1 saturated heterocycles. The SMILES string of the molecule is C[C@H]1CCN(C(=O)OC(C)(C)C)[C@H](CCOc2ccc(F)cn2)C1. The third-order valence-electron chi connectivity index (χ3n) is 4.01. The predicted molar refractivity (Wildman–Crippen MR) is 89.4 cm³/mol. The fraction of sp³-hybridized carbons (Fsp3) is 0.667. The first-order valence-electron chi connectivity index (χ1n) is 8.48. The lowest BCUT2D eigenvalue weighted by Crippen LogP contribution is -2.48. The van der Waals surface area contributed by atoms with Crippen LogP contribution in [-0.4, -0.2) is 40.8 Å². The number of nitrogens with zero attached hydrogens (tertiary/aromatic N) is 2. The molecule has 0 aromatic carbocycles. The van der Waals surface area contributed by atoms with Gasteiger partial charge < -0.3 is 14.4 Å². The number of carbonyl (C=O) groups excluding carboxylic acids is 1. The van der Waals surface area contributed by atoms with Crippen molar-refractivity contribution in [1.82, 2.24) is 9.88 Å². The molecule has 0 saturated carbocycles. The van der Waals surface area contributed by atoms with E-state index < -0.39 is 5.60 Å². The Morgan fingerprint density at radius 3 is 2.79 bits per heavy atom. The molecule has 0 aliphatic carbocycles. The number of amides is 1. The number of pyridine rings is 1. The number of rotatable bonds is 4. The van der Waals surface area contributed by atoms with Crippen molar-refractivity contribution in [1.29, 1.82) is 0 Å². The molecule has 0 spiro atoms. The number of ether oxygens (including phenoxy) is 2. The molecule has 0 radical (unpaired) electrons. The maximum absolute atomic E-state index is 12.8. The van der Waals surface area contributed by atoms with Crippen LogP contribution >= 0.6 is 0 Å². The molecule has 6 heteroatoms. The van der Waals surface area contributed by atoms with Crippen LogP contribution in [0.2, 0.25) is 0 Å². The van der Waals surface area contributed by atoms with Gasteiger partial charge in [0.2, 0.25) is 5.88 Å². The number of hydrogen-bond donors (Lipinski definition) is 0. The van der Waals surface area contributed by atoms with Crippen LogP contribution in [0.4, 0.5) is 9.18 Å². The molecular weight excluding hydrogens is 311 g/mol. The van der Waals surface area contributed by atoms with Gasteiger partial charge in [0.25, 0.3) is 0 Å². The van der Waals surface area contributed by atoms with Gasteiger partial charge in [-0.25, -0.2) is 14.2 Å². The Labute approximate surface area is 143 Å². The summed E-state index contributed by atoms with van der Waals surface area (Å²) in [6.45, 7) is 8.94. The average Bonchev–Trinajstić information content (AvgIpc) is 2.47. The van der Waals surface area contributed by atoms with E-state index in [-0.39, 0.29) is 18.0 Å². The molecule has 1 aromatic heterocycles. The molecule has 2 atom stereocenters. The van der Waals surface area contributed by atoms with Gasteiger partial charge in [-0.1, -0.05) is 6.92 Å². The van der Waals surface area contributed by atoms with Gasteiger partial charge in [0.15, 0.2) is 0 Å². The minimum absolute atomic E-state index is 0.0871. The molecule has 2 rings (SSSR count). The van der Waals surface area contributed by atoms with E-state index in [2.05, 4.69) is 11.9 Å². The number of hydrogen-bond acceptors (Lipinski definition) is 4. The van der Waals surface area contributed by atoms with Crippen LogP contribution in [0, 0.1) is 11.7 Å². The summed E-state index contributed by atoms with van der Waals surface area (Å²) in [6.07, 6.45) is 3.47. The predicted octanol–water partition coefficient (Wildman–Crippen LogP) is 4.03. The van der Waals surface area contributed by atoms with Crippen molar-refractivity contribution in [3.63, 3.8) is 0 Å². The smallest absolute Gasteiger partial charge is 0.410 e. The lowest BCUT2D eigenvalue weighted by Gasteiger charge is -2.39. The van der Waals surface area contributed by atoms with Gasteiger partial charge in [-0.05, 0) is 45.6 Å². The Bertz CT molecular complexity index is 542. The molecule has 134 valence electrons. The van der Waals surface area contributed by atoms with Crippen LogP contribution in [0.25, 0.3) is 0 Å². The minimum atomic E-state index is -0.501. The molecule has 1 amide bonds. The Kier molecular flexibility index (Phi) is 6.02. The first-order valence-corrected chi connectivity index (χ1v) is 8.48. The first-order chi connectivity index (χ1) is 11.2. The topological polar surface area (TPSA) is 51.7 Å². The van der Waals surface area contributed by atoms with Crippen molar-refractivity contribution in [2.24, 2.45) is 5.92 Å². The summed E-state index contributed by atoms with van der Waals surface area (Å²) < 4.78 is 23.9. The number of aromatic nitrogens is 1. The zero-order valence-corrected chi connectivity index (χ0v) is 14.9. The Morgan fingerprint density at radius 1 is 1.42 bits per heavy atom. The van der Waals surface area contributed by atoms with E-state index in [0.717, 1.165) is 19.0 Å². The van der Waals surface area contributed by atoms with Crippen molar-refractivity contribution in [3.05, 3.63) is 24.1 Å². The average molecular weight is 338 g/mol. The molecule has 0 N–H and O–H groups in total. The summed E-state index contributed by atoms with van der Waals surface area (Å²) in [6, 6.07) is 2.91. The van der Waals surface area contributed by atoms with Gasteiger partial charge >= 0.3 is 6.09 Å². The second-order valence-electron chi connectivity index (χ2n) is 7.41. The lowest BCUT2D eigenvalue weighted by atomic mass is 9.91. The van der Waals surface area contributed by atoms with Crippen molar-refractivity contribution in [3.8, 4) is 5.88 Å². The molecule has 5 nitrogen and oxygen atoms in total. The van der Waals surface area contributed by atoms with Crippen LogP contribution in [-0.2, 0) is 4.74 Å². The zero-order valence-electron chi connectivity index (χ0n) is 14.9. The zero-order chi connectivity index (χ0) is 17.7. The molecule has 24 heavy (non-hydrogen) atoms. The van der Waals surface area contributed by atoms with Gasteiger partial charge in [-0.15, -0.1) is 0 Å². The molecule has 2 heterocycles. The summed E-state index contributed by atoms with van der Waals surface area (Å²) >= 11 is 0. The van der Waals surface area contributed by atoms with E-state index >= 15 is 0 Å². The highest BCUT2D eigenvalue weighted by Crippen LogP contribution is 2.26. The van der Waals surface area contributed by atoms with Crippen LogP contribution in [0.15, 0.2) is 18.3 Å². The maximum Gasteiger partial charge on any atom is 0.410 e. The molecule has 1 aliphatic rings. The van der Waals surface area contributed by atoms with Crippen LogP contribution < -0.4 is 4.74 Å². The quantitative estimate of drug-likeness (QED) is 0.832. The second kappa shape index (κ2) is 7.81. The normalized spacial score (nSPS) is 21.5. The molecule has 0 bridgehead atoms. The molecule has 1 aromatic rings. The van der Waals surface area contributed by atoms with Crippen molar-refractivity contribution in [2.75, 3.05) is 13.2 Å². The fourth-order valence-electron chi connectivity index (χ4n) is 2.83. The van der Waals surface area contributed by atoms with E-state index in [1.165, 1.54) is 12.1 Å². The number of halogens is 1. The van der Waals surface area contributed by atoms with Crippen LogP contribution in [0.5, 0.6) is 5.88 Å². The number of carbonyl (C=O) groups is 1. The van der Waals surface area contributed by atoms with Gasteiger partial charge in [0, 0.05) is 25.1 Å². The van der Waals surface area contributed by atoms with Gasteiger partial charge in [-0.3, -0.25) is 0 Å². The van der Waals surface area contributed by atoms with Crippen molar-refractivity contribution >= 4 is 6.09 Å². The molecule has 1 aliphatic heterocycles. The van der Waals surface area contributed by atoms with Gasteiger partial charge in [-0.2, -0.15) is 0 Å². The fourth-order valence-corrected chi connectivity index (χ4v) is 2.83.